The lowest BCUT2D eigenvalue weighted by Crippen LogP contribution is -2.58. The van der Waals surface area contributed by atoms with E-state index in [1.807, 2.05) is 5.32 Å². The molecule has 7 nitrogen and oxygen atoms in total. The number of halogens is 1. The lowest BCUT2D eigenvalue weighted by atomic mass is 10.1. The zero-order valence-electron chi connectivity index (χ0n) is 8.88. The number of ether oxygens (including phenoxy) is 1. The van der Waals surface area contributed by atoms with Crippen molar-refractivity contribution in [3.05, 3.63) is 0 Å². The first-order chi connectivity index (χ1) is 8.02. The van der Waals surface area contributed by atoms with Crippen LogP contribution in [-0.4, -0.2) is 64.8 Å². The molecule has 8 heteroatoms. The van der Waals surface area contributed by atoms with Gasteiger partial charge in [-0.05, 0) is 0 Å². The zero-order valence-corrected chi connectivity index (χ0v) is 8.88. The van der Waals surface area contributed by atoms with E-state index in [-0.39, 0.29) is 13.0 Å². The van der Waals surface area contributed by atoms with Crippen molar-refractivity contribution in [3.63, 3.8) is 0 Å². The molecule has 2 heterocycles. The number of aliphatic hydroxyl groups is 2. The van der Waals surface area contributed by atoms with Crippen molar-refractivity contribution in [2.75, 3.05) is 13.2 Å². The van der Waals surface area contributed by atoms with Gasteiger partial charge in [-0.1, -0.05) is 0 Å². The van der Waals surface area contributed by atoms with Crippen molar-refractivity contribution >= 4 is 11.9 Å². The van der Waals surface area contributed by atoms with Crippen molar-refractivity contribution in [3.8, 4) is 0 Å². The third kappa shape index (κ3) is 2.24. The Hall–Kier alpha value is -1.25. The number of nitrogens with one attached hydrogen (secondary N) is 1. The van der Waals surface area contributed by atoms with E-state index in [0.29, 0.717) is 0 Å². The largest absolute Gasteiger partial charge is 0.394 e. The maximum atomic E-state index is 13.2. The summed E-state index contributed by atoms with van der Waals surface area (Å²) in [7, 11) is 0. The Balaban J connectivity index is 2.03. The number of hydrogen-bond donors (Lipinski definition) is 3. The molecule has 17 heavy (non-hydrogen) atoms. The molecule has 2 rings (SSSR count). The number of nitrogens with zero attached hydrogens (tertiary/aromatic N) is 1. The molecular formula is C9H13FN2O5. The molecule has 3 N–H and O–H groups in total. The first kappa shape index (κ1) is 12.2. The maximum absolute atomic E-state index is 13.2. The van der Waals surface area contributed by atoms with Gasteiger partial charge in [-0.25, -0.2) is 9.18 Å². The Morgan fingerprint density at radius 2 is 2.24 bits per heavy atom. The fraction of sp³-hybridized carbons (Fsp3) is 0.778. The number of carbonyl (C=O) groups excluding carboxylic acids is 2. The highest BCUT2D eigenvalue weighted by Crippen LogP contribution is 2.24. The van der Waals surface area contributed by atoms with Gasteiger partial charge in [-0.3, -0.25) is 15.0 Å². The Labute approximate surface area is 96.1 Å². The lowest BCUT2D eigenvalue weighted by Gasteiger charge is -2.32. The molecule has 2 unspecified atom stereocenters. The lowest BCUT2D eigenvalue weighted by molar-refractivity contribution is -0.130. The zero-order chi connectivity index (χ0) is 12.6. The van der Waals surface area contributed by atoms with E-state index < -0.39 is 43.1 Å². The van der Waals surface area contributed by atoms with Crippen LogP contribution in [0.5, 0.6) is 0 Å². The quantitative estimate of drug-likeness (QED) is 0.543. The second-order valence-corrected chi connectivity index (χ2v) is 4.03. The summed E-state index contributed by atoms with van der Waals surface area (Å²) in [6.45, 7) is -0.786. The minimum atomic E-state index is -1.80. The predicted molar refractivity (Wildman–Crippen MR) is 51.5 cm³/mol. The van der Waals surface area contributed by atoms with E-state index >= 15 is 0 Å². The molecule has 0 saturated carbocycles. The average molecular weight is 248 g/mol. The van der Waals surface area contributed by atoms with Crippen molar-refractivity contribution in [2.45, 2.75) is 31.0 Å². The summed E-state index contributed by atoms with van der Waals surface area (Å²) in [6, 6.07) is -0.750. The fourth-order valence-corrected chi connectivity index (χ4v) is 1.91. The summed E-state index contributed by atoms with van der Waals surface area (Å²) in [4.78, 5) is 23.3. The Morgan fingerprint density at radius 1 is 1.53 bits per heavy atom. The Bertz CT molecular complexity index is 339. The molecule has 0 aromatic heterocycles. The van der Waals surface area contributed by atoms with Crippen molar-refractivity contribution in [2.24, 2.45) is 0 Å². The van der Waals surface area contributed by atoms with E-state index in [2.05, 4.69) is 0 Å². The molecule has 96 valence electrons. The highest BCUT2D eigenvalue weighted by Gasteiger charge is 2.42. The first-order valence-electron chi connectivity index (χ1n) is 5.23. The third-order valence-electron chi connectivity index (χ3n) is 2.86. The molecule has 2 aliphatic rings. The van der Waals surface area contributed by atoms with E-state index in [0.717, 1.165) is 4.90 Å². The van der Waals surface area contributed by atoms with Crippen LogP contribution in [0.3, 0.4) is 0 Å². The number of urea groups is 1. The summed E-state index contributed by atoms with van der Waals surface area (Å²) in [5.41, 5.74) is 0. The molecular weight excluding hydrogens is 235 g/mol. The molecule has 0 spiro atoms. The molecule has 0 aromatic rings. The second-order valence-electron chi connectivity index (χ2n) is 4.03. The number of aliphatic hydroxyl groups excluding tert-OH is 2. The summed E-state index contributed by atoms with van der Waals surface area (Å²) in [6.07, 6.45) is -4.24. The van der Waals surface area contributed by atoms with Crippen LogP contribution < -0.4 is 5.32 Å². The van der Waals surface area contributed by atoms with Gasteiger partial charge in [-0.2, -0.15) is 0 Å². The van der Waals surface area contributed by atoms with Gasteiger partial charge in [0, 0.05) is 6.42 Å². The van der Waals surface area contributed by atoms with E-state index in [9.17, 15) is 19.1 Å². The number of carbonyl (C=O) groups is 2. The summed E-state index contributed by atoms with van der Waals surface area (Å²) >= 11 is 0. The van der Waals surface area contributed by atoms with Crippen LogP contribution in [0.25, 0.3) is 0 Å². The summed E-state index contributed by atoms with van der Waals surface area (Å²) in [5, 5.41) is 20.2. The molecule has 0 radical (unpaired) electrons. The van der Waals surface area contributed by atoms with Crippen LogP contribution in [0.1, 0.15) is 6.42 Å². The normalized spacial score (nSPS) is 38.4. The number of hydrogen-bond acceptors (Lipinski definition) is 5. The number of alkyl halides is 1. The molecule has 3 amide bonds. The first-order valence-corrected chi connectivity index (χ1v) is 5.23. The van der Waals surface area contributed by atoms with E-state index in [1.54, 1.807) is 0 Å². The Morgan fingerprint density at radius 3 is 2.82 bits per heavy atom. The highest BCUT2D eigenvalue weighted by molar-refractivity contribution is 5.99. The molecule has 2 saturated heterocycles. The van der Waals surface area contributed by atoms with Gasteiger partial charge in [0.05, 0.1) is 19.3 Å². The van der Waals surface area contributed by atoms with Gasteiger partial charge in [-0.15, -0.1) is 0 Å². The second kappa shape index (κ2) is 4.55. The summed E-state index contributed by atoms with van der Waals surface area (Å²) in [5.74, 6) is -0.969. The predicted octanol–water partition coefficient (Wildman–Crippen LogP) is -1.66. The van der Waals surface area contributed by atoms with Crippen LogP contribution in [0.2, 0.25) is 0 Å². The smallest absolute Gasteiger partial charge is 0.326 e. The topological polar surface area (TPSA) is 99.1 Å². The van der Waals surface area contributed by atoms with Gasteiger partial charge in [0.25, 0.3) is 5.91 Å². The van der Waals surface area contributed by atoms with Gasteiger partial charge >= 0.3 is 6.03 Å². The molecule has 0 aromatic carbocycles. The highest BCUT2D eigenvalue weighted by atomic mass is 19.1. The van der Waals surface area contributed by atoms with Crippen LogP contribution in [0.4, 0.5) is 9.18 Å². The van der Waals surface area contributed by atoms with E-state index in [4.69, 9.17) is 9.84 Å². The minimum absolute atomic E-state index is 0.0829. The molecule has 2 aliphatic heterocycles. The third-order valence-corrected chi connectivity index (χ3v) is 2.86. The summed E-state index contributed by atoms with van der Waals surface area (Å²) < 4.78 is 18.4. The minimum Gasteiger partial charge on any atom is -0.394 e. The Kier molecular flexibility index (Phi) is 3.27. The van der Waals surface area contributed by atoms with Crippen molar-refractivity contribution in [1.82, 2.24) is 10.2 Å². The number of imide groups is 1. The van der Waals surface area contributed by atoms with Gasteiger partial charge in [0.15, 0.2) is 6.17 Å². The van der Waals surface area contributed by atoms with Crippen molar-refractivity contribution < 1.29 is 28.9 Å². The average Bonchev–Trinajstić information content (AvgIpc) is 2.65. The molecule has 2 fully saturated rings. The van der Waals surface area contributed by atoms with Gasteiger partial charge < -0.3 is 14.9 Å². The van der Waals surface area contributed by atoms with Crippen LogP contribution in [0, 0.1) is 0 Å². The van der Waals surface area contributed by atoms with E-state index in [1.165, 1.54) is 0 Å². The number of rotatable bonds is 2. The van der Waals surface area contributed by atoms with Crippen molar-refractivity contribution in [1.29, 1.82) is 0 Å². The van der Waals surface area contributed by atoms with Crippen LogP contribution >= 0.6 is 0 Å². The maximum Gasteiger partial charge on any atom is 0.326 e. The van der Waals surface area contributed by atoms with Crippen LogP contribution in [0.15, 0.2) is 0 Å². The number of amides is 3. The van der Waals surface area contributed by atoms with Crippen LogP contribution in [-0.2, 0) is 9.53 Å². The van der Waals surface area contributed by atoms with Gasteiger partial charge in [0.1, 0.15) is 12.3 Å². The fourth-order valence-electron chi connectivity index (χ4n) is 1.91. The van der Waals surface area contributed by atoms with Gasteiger partial charge in [0.2, 0.25) is 0 Å². The standard InChI is InChI=1S/C9H13FN2O5/c10-4-2-12(9(16)11-8(4)15)7-1-5(14)6(3-13)17-7/h4-7,13-14H,1-3H2,(H,11,15,16)/t4?,5?,6-,7-/m1/s1. The molecule has 4 atom stereocenters. The monoisotopic (exact) mass is 248 g/mol. The molecule has 0 aliphatic carbocycles. The molecule has 0 bridgehead atoms. The SMILES string of the molecule is O=C1NC(=O)N([C@H]2CC(O)[C@@H](CO)O2)CC1F.